The van der Waals surface area contributed by atoms with Gasteiger partial charge in [-0.15, -0.1) is 0 Å². The van der Waals surface area contributed by atoms with Crippen molar-refractivity contribution < 1.29 is 23.8 Å². The average Bonchev–Trinajstić information content (AvgIpc) is 2.85. The molecule has 1 fully saturated rings. The van der Waals surface area contributed by atoms with Gasteiger partial charge in [-0.2, -0.15) is 0 Å². The Morgan fingerprint density at radius 3 is 2.71 bits per heavy atom. The summed E-state index contributed by atoms with van der Waals surface area (Å²) >= 11 is 5.56. The molecule has 0 saturated carbocycles. The lowest BCUT2D eigenvalue weighted by Gasteiger charge is -2.18. The lowest BCUT2D eigenvalue weighted by molar-refractivity contribution is -0.144. The van der Waals surface area contributed by atoms with Gasteiger partial charge in [0.05, 0.1) is 11.1 Å². The summed E-state index contributed by atoms with van der Waals surface area (Å²) in [6.45, 7) is 1.84. The molecule has 1 saturated heterocycles. The molecule has 1 aromatic carbocycles. The van der Waals surface area contributed by atoms with E-state index in [-0.39, 0.29) is 16.7 Å². The predicted molar refractivity (Wildman–Crippen MR) is 73.5 cm³/mol. The highest BCUT2D eigenvalue weighted by Crippen LogP contribution is 2.23. The van der Waals surface area contributed by atoms with Crippen LogP contribution in [0.15, 0.2) is 18.2 Å². The van der Waals surface area contributed by atoms with Crippen molar-refractivity contribution in [3.05, 3.63) is 34.6 Å². The summed E-state index contributed by atoms with van der Waals surface area (Å²) in [6.07, 6.45) is 0.579. The van der Waals surface area contributed by atoms with Gasteiger partial charge in [0.25, 0.3) is 0 Å². The number of amides is 1. The van der Waals surface area contributed by atoms with Gasteiger partial charge in [0.15, 0.2) is 6.04 Å². The molecule has 7 heteroatoms. The van der Waals surface area contributed by atoms with Crippen LogP contribution in [0.3, 0.4) is 0 Å². The van der Waals surface area contributed by atoms with Gasteiger partial charge in [-0.1, -0.05) is 17.7 Å². The summed E-state index contributed by atoms with van der Waals surface area (Å²) in [5, 5.41) is 11.5. The Kier molecular flexibility index (Phi) is 4.80. The fourth-order valence-electron chi connectivity index (χ4n) is 2.21. The molecule has 2 rings (SSSR count). The number of hydrogen-bond donors (Lipinski definition) is 2. The van der Waals surface area contributed by atoms with Gasteiger partial charge in [-0.3, -0.25) is 4.79 Å². The van der Waals surface area contributed by atoms with E-state index in [4.69, 9.17) is 16.3 Å². The minimum Gasteiger partial charge on any atom is -0.479 e. The Hall–Kier alpha value is -1.66. The van der Waals surface area contributed by atoms with Gasteiger partial charge in [0.2, 0.25) is 5.91 Å². The van der Waals surface area contributed by atoms with Gasteiger partial charge in [-0.25, -0.2) is 9.18 Å². The molecule has 1 aromatic rings. The van der Waals surface area contributed by atoms with Crippen LogP contribution < -0.4 is 5.32 Å². The number of rotatable bonds is 4. The molecule has 0 aromatic heterocycles. The first-order valence-electron chi connectivity index (χ1n) is 6.52. The van der Waals surface area contributed by atoms with E-state index < -0.39 is 29.8 Å². The summed E-state index contributed by atoms with van der Waals surface area (Å²) in [7, 11) is 0. The number of carboxylic acids is 1. The van der Waals surface area contributed by atoms with Crippen LogP contribution in [0.2, 0.25) is 5.02 Å². The molecule has 2 N–H and O–H groups in total. The molecule has 1 heterocycles. The Morgan fingerprint density at radius 2 is 2.19 bits per heavy atom. The molecule has 3 atom stereocenters. The molecule has 0 bridgehead atoms. The highest BCUT2D eigenvalue weighted by atomic mass is 35.5. The average molecular weight is 316 g/mol. The molecule has 3 unspecified atom stereocenters. The van der Waals surface area contributed by atoms with Gasteiger partial charge >= 0.3 is 5.97 Å². The van der Waals surface area contributed by atoms with Crippen molar-refractivity contribution in [3.63, 3.8) is 0 Å². The molecular formula is C14H15ClFNO4. The molecule has 0 radical (unpaired) electrons. The number of nitrogens with one attached hydrogen (secondary N) is 1. The van der Waals surface area contributed by atoms with Crippen molar-refractivity contribution in [3.8, 4) is 0 Å². The van der Waals surface area contributed by atoms with Crippen LogP contribution in [-0.4, -0.2) is 29.2 Å². The van der Waals surface area contributed by atoms with Gasteiger partial charge in [0, 0.05) is 0 Å². The SMILES string of the molecule is CC1CCC(C(=O)NC(C(=O)O)c2ccc(Cl)c(F)c2)O1. The van der Waals surface area contributed by atoms with Crippen molar-refractivity contribution in [1.29, 1.82) is 0 Å². The van der Waals surface area contributed by atoms with Crippen LogP contribution in [-0.2, 0) is 14.3 Å². The number of carbonyl (C=O) groups is 2. The van der Waals surface area contributed by atoms with Gasteiger partial charge in [0.1, 0.15) is 11.9 Å². The van der Waals surface area contributed by atoms with Crippen molar-refractivity contribution >= 4 is 23.5 Å². The lowest BCUT2D eigenvalue weighted by Crippen LogP contribution is -2.40. The molecule has 114 valence electrons. The lowest BCUT2D eigenvalue weighted by atomic mass is 10.1. The Balaban J connectivity index is 2.14. The zero-order valence-electron chi connectivity index (χ0n) is 11.3. The number of halogens is 2. The van der Waals surface area contributed by atoms with E-state index >= 15 is 0 Å². The summed E-state index contributed by atoms with van der Waals surface area (Å²) < 4.78 is 18.8. The number of carbonyl (C=O) groups excluding carboxylic acids is 1. The molecule has 0 spiro atoms. The third-order valence-corrected chi connectivity index (χ3v) is 3.64. The first-order chi connectivity index (χ1) is 9.88. The Labute approximate surface area is 126 Å². The van der Waals surface area contributed by atoms with E-state index in [0.717, 1.165) is 12.5 Å². The normalized spacial score (nSPS) is 22.8. The summed E-state index contributed by atoms with van der Waals surface area (Å²) in [5.74, 6) is -2.53. The van der Waals surface area contributed by atoms with Crippen LogP contribution in [0.1, 0.15) is 31.4 Å². The highest BCUT2D eigenvalue weighted by molar-refractivity contribution is 6.30. The smallest absolute Gasteiger partial charge is 0.330 e. The quantitative estimate of drug-likeness (QED) is 0.894. The van der Waals surface area contributed by atoms with E-state index in [9.17, 15) is 19.1 Å². The van der Waals surface area contributed by atoms with Crippen LogP contribution >= 0.6 is 11.6 Å². The van der Waals surface area contributed by atoms with Crippen LogP contribution in [0, 0.1) is 5.82 Å². The number of hydrogen-bond acceptors (Lipinski definition) is 3. The zero-order chi connectivity index (χ0) is 15.6. The maximum absolute atomic E-state index is 13.4. The second-order valence-corrected chi connectivity index (χ2v) is 5.37. The zero-order valence-corrected chi connectivity index (χ0v) is 12.1. The second kappa shape index (κ2) is 6.41. The molecule has 1 aliphatic rings. The predicted octanol–water partition coefficient (Wildman–Crippen LogP) is 2.29. The van der Waals surface area contributed by atoms with Crippen molar-refractivity contribution in [2.24, 2.45) is 0 Å². The van der Waals surface area contributed by atoms with Crippen molar-refractivity contribution in [1.82, 2.24) is 5.32 Å². The third-order valence-electron chi connectivity index (χ3n) is 3.33. The minimum absolute atomic E-state index is 0.0306. The molecule has 0 aliphatic carbocycles. The topological polar surface area (TPSA) is 75.6 Å². The van der Waals surface area contributed by atoms with Gasteiger partial charge in [-0.05, 0) is 37.5 Å². The van der Waals surface area contributed by atoms with E-state index in [2.05, 4.69) is 5.32 Å². The van der Waals surface area contributed by atoms with E-state index in [1.165, 1.54) is 12.1 Å². The molecule has 5 nitrogen and oxygen atoms in total. The first kappa shape index (κ1) is 15.7. The minimum atomic E-state index is -1.34. The van der Waals surface area contributed by atoms with E-state index in [1.54, 1.807) is 0 Å². The molecule has 1 amide bonds. The van der Waals surface area contributed by atoms with Crippen LogP contribution in [0.5, 0.6) is 0 Å². The number of aliphatic carboxylic acids is 1. The largest absolute Gasteiger partial charge is 0.479 e. The third kappa shape index (κ3) is 3.71. The summed E-state index contributed by atoms with van der Waals surface area (Å²) in [6, 6.07) is 2.27. The van der Waals surface area contributed by atoms with Crippen LogP contribution in [0.25, 0.3) is 0 Å². The van der Waals surface area contributed by atoms with E-state index in [0.29, 0.717) is 6.42 Å². The van der Waals surface area contributed by atoms with Crippen molar-refractivity contribution in [2.75, 3.05) is 0 Å². The van der Waals surface area contributed by atoms with Crippen LogP contribution in [0.4, 0.5) is 4.39 Å². The summed E-state index contributed by atoms with van der Waals surface area (Å²) in [5.41, 5.74) is 0.115. The monoisotopic (exact) mass is 315 g/mol. The molecule has 21 heavy (non-hydrogen) atoms. The second-order valence-electron chi connectivity index (χ2n) is 4.97. The standard InChI is InChI=1S/C14H15ClFNO4/c1-7-2-5-11(21-7)13(18)17-12(14(19)20)8-3-4-9(15)10(16)6-8/h3-4,6-7,11-12H,2,5H2,1H3,(H,17,18)(H,19,20). The highest BCUT2D eigenvalue weighted by Gasteiger charge is 2.31. The van der Waals surface area contributed by atoms with Gasteiger partial charge < -0.3 is 15.2 Å². The van der Waals surface area contributed by atoms with Crippen molar-refractivity contribution in [2.45, 2.75) is 38.0 Å². The Bertz CT molecular complexity index is 566. The maximum Gasteiger partial charge on any atom is 0.330 e. The molecular weight excluding hydrogens is 301 g/mol. The number of benzene rings is 1. The van der Waals surface area contributed by atoms with E-state index in [1.807, 2.05) is 6.92 Å². The molecule has 1 aliphatic heterocycles. The number of ether oxygens (including phenoxy) is 1. The fourth-order valence-corrected chi connectivity index (χ4v) is 2.33. The first-order valence-corrected chi connectivity index (χ1v) is 6.90. The fraction of sp³-hybridized carbons (Fsp3) is 0.429. The maximum atomic E-state index is 13.4. The summed E-state index contributed by atoms with van der Waals surface area (Å²) in [4.78, 5) is 23.3. The Morgan fingerprint density at radius 1 is 1.48 bits per heavy atom. The number of carboxylic acid groups (broad SMARTS) is 1.